The average Bonchev–Trinajstić information content (AvgIpc) is 2.98. The van der Waals surface area contributed by atoms with E-state index >= 15 is 0 Å². The third-order valence-corrected chi connectivity index (χ3v) is 7.46. The maximum atomic E-state index is 9.40. The SMILES string of the molecule is [3H]POc1ccc2c(c1)CCC1C2CCC2(C)/C(=C(\C)C#N)CCC12. The summed E-state index contributed by atoms with van der Waals surface area (Å²) in [6.07, 6.45) is 7.18. The number of aryl methyl sites for hydroxylation is 1. The first-order chi connectivity index (χ1) is 12.1. The smallest absolute Gasteiger partial charge is 0.122 e. The molecule has 1 aromatic carbocycles. The minimum Gasteiger partial charge on any atom is -0.480 e. The van der Waals surface area contributed by atoms with Crippen LogP contribution in [-0.2, 0) is 6.42 Å². The number of nitriles is 1. The van der Waals surface area contributed by atoms with Crippen molar-refractivity contribution in [2.45, 2.75) is 58.3 Å². The quantitative estimate of drug-likeness (QED) is 0.522. The summed E-state index contributed by atoms with van der Waals surface area (Å²) in [5, 5.41) is 9.40. The van der Waals surface area contributed by atoms with Gasteiger partial charge < -0.3 is 4.52 Å². The van der Waals surface area contributed by atoms with Crippen LogP contribution in [0.5, 0.6) is 5.75 Å². The number of benzene rings is 1. The first kappa shape index (κ1) is 15.0. The molecule has 2 nitrogen and oxygen atoms in total. The van der Waals surface area contributed by atoms with Gasteiger partial charge in [0.25, 0.3) is 0 Å². The summed E-state index contributed by atoms with van der Waals surface area (Å²) >= 11 is 0. The topological polar surface area (TPSA) is 33.0 Å². The van der Waals surface area contributed by atoms with Crippen LogP contribution in [0, 0.1) is 28.6 Å². The molecule has 0 radical (unpaired) electrons. The zero-order valence-corrected chi connectivity index (χ0v) is 15.6. The summed E-state index contributed by atoms with van der Waals surface area (Å²) in [4.78, 5) is 0. The highest BCUT2D eigenvalue weighted by Gasteiger charge is 2.52. The summed E-state index contributed by atoms with van der Waals surface area (Å²) in [7, 11) is -0.242. The van der Waals surface area contributed by atoms with E-state index in [2.05, 4.69) is 31.2 Å². The number of fused-ring (bicyclic) bond motifs is 5. The van der Waals surface area contributed by atoms with E-state index in [4.69, 9.17) is 5.80 Å². The number of rotatable bonds is 2. The maximum Gasteiger partial charge on any atom is 0.122 e. The summed E-state index contributed by atoms with van der Waals surface area (Å²) in [6.45, 7) is 4.44. The van der Waals surface area contributed by atoms with Gasteiger partial charge in [0.15, 0.2) is 0 Å². The summed E-state index contributed by atoms with van der Waals surface area (Å²) in [6, 6.07) is 8.90. The highest BCUT2D eigenvalue weighted by atomic mass is 31.0. The lowest BCUT2D eigenvalue weighted by Gasteiger charge is -2.49. The minimum atomic E-state index is -0.242. The van der Waals surface area contributed by atoms with Gasteiger partial charge in [-0.3, -0.25) is 0 Å². The highest BCUT2D eigenvalue weighted by Crippen LogP contribution is 2.63. The van der Waals surface area contributed by atoms with E-state index < -0.39 is 0 Å². The molecule has 0 amide bonds. The Labute approximate surface area is 148 Å². The van der Waals surface area contributed by atoms with E-state index in [0.717, 1.165) is 36.0 Å². The lowest BCUT2D eigenvalue weighted by molar-refractivity contribution is 0.0810. The Morgan fingerprint density at radius 1 is 1.38 bits per heavy atom. The molecule has 4 rings (SSSR count). The van der Waals surface area contributed by atoms with Crippen molar-refractivity contribution in [3.05, 3.63) is 40.5 Å². The molecule has 2 fully saturated rings. The minimum absolute atomic E-state index is 0.242. The second kappa shape index (κ2) is 5.89. The maximum absolute atomic E-state index is 9.40. The van der Waals surface area contributed by atoms with E-state index in [1.54, 1.807) is 0 Å². The fraction of sp³-hybridized carbons (Fsp3) is 0.571. The Morgan fingerprint density at radius 3 is 3.04 bits per heavy atom. The molecule has 0 bridgehead atoms. The van der Waals surface area contributed by atoms with Crippen LogP contribution < -0.4 is 4.52 Å². The lowest BCUT2D eigenvalue weighted by atomic mass is 9.55. The van der Waals surface area contributed by atoms with Crippen LogP contribution in [0.4, 0.5) is 0 Å². The third kappa shape index (κ3) is 2.25. The summed E-state index contributed by atoms with van der Waals surface area (Å²) in [5.74, 6) is 2.99. The van der Waals surface area contributed by atoms with Crippen molar-refractivity contribution in [3.8, 4) is 11.8 Å². The predicted octanol–water partition coefficient (Wildman–Crippen LogP) is 5.55. The van der Waals surface area contributed by atoms with Gasteiger partial charge in [-0.15, -0.1) is 0 Å². The van der Waals surface area contributed by atoms with Crippen LogP contribution in [-0.4, -0.2) is 1.28 Å². The normalized spacial score (nSPS) is 37.2. The van der Waals surface area contributed by atoms with Crippen LogP contribution in [0.25, 0.3) is 0 Å². The monoisotopic (exact) mass is 341 g/mol. The zero-order chi connectivity index (χ0) is 17.6. The summed E-state index contributed by atoms with van der Waals surface area (Å²) < 4.78 is 12.7. The van der Waals surface area contributed by atoms with Gasteiger partial charge in [0.2, 0.25) is 0 Å². The fourth-order valence-electron chi connectivity index (χ4n) is 6.12. The summed E-state index contributed by atoms with van der Waals surface area (Å²) in [5.41, 5.74) is 5.62. The van der Waals surface area contributed by atoms with Crippen molar-refractivity contribution < 1.29 is 4.52 Å². The Bertz CT molecular complexity index is 768. The van der Waals surface area contributed by atoms with Crippen LogP contribution in [0.3, 0.4) is 0 Å². The highest BCUT2D eigenvalue weighted by molar-refractivity contribution is 7.10. The van der Waals surface area contributed by atoms with E-state index in [1.165, 1.54) is 42.4 Å². The van der Waals surface area contributed by atoms with Crippen molar-refractivity contribution in [3.63, 3.8) is 0 Å². The number of hydrogen-bond acceptors (Lipinski definition) is 2. The van der Waals surface area contributed by atoms with Gasteiger partial charge in [-0.1, -0.05) is 18.6 Å². The fourth-order valence-corrected chi connectivity index (χ4v) is 6.25. The third-order valence-electron chi connectivity index (χ3n) is 7.22. The Morgan fingerprint density at radius 2 is 2.25 bits per heavy atom. The van der Waals surface area contributed by atoms with Crippen molar-refractivity contribution in [1.29, 1.82) is 6.54 Å². The molecule has 5 unspecified atom stereocenters. The molecule has 0 aliphatic heterocycles. The molecule has 1 aromatic rings. The van der Waals surface area contributed by atoms with E-state index in [-0.39, 0.29) is 14.8 Å². The van der Waals surface area contributed by atoms with Gasteiger partial charge in [-0.2, -0.15) is 5.26 Å². The van der Waals surface area contributed by atoms with Crippen molar-refractivity contribution in [2.24, 2.45) is 17.3 Å². The lowest BCUT2D eigenvalue weighted by Crippen LogP contribution is -2.40. The van der Waals surface area contributed by atoms with Crippen molar-refractivity contribution >= 4 is 9.41 Å². The number of allylic oxidation sites excluding steroid dienone is 2. The molecular formula is C21H26NOP. The average molecular weight is 341 g/mol. The van der Waals surface area contributed by atoms with Crippen LogP contribution in [0.2, 0.25) is 0 Å². The van der Waals surface area contributed by atoms with E-state index in [9.17, 15) is 5.26 Å². The van der Waals surface area contributed by atoms with Gasteiger partial charge in [0.05, 0.1) is 16.8 Å². The second-order valence-corrected chi connectivity index (χ2v) is 8.29. The van der Waals surface area contributed by atoms with E-state index in [1.807, 2.05) is 6.92 Å². The first-order valence-electron chi connectivity index (χ1n) is 9.65. The second-order valence-electron chi connectivity index (χ2n) is 8.09. The van der Waals surface area contributed by atoms with Crippen LogP contribution in [0.15, 0.2) is 29.3 Å². The molecule has 3 aliphatic rings. The molecule has 0 spiro atoms. The van der Waals surface area contributed by atoms with Crippen molar-refractivity contribution in [2.75, 3.05) is 0 Å². The van der Waals surface area contributed by atoms with Gasteiger partial charge >= 0.3 is 0 Å². The first-order valence-corrected chi connectivity index (χ1v) is 9.56. The van der Waals surface area contributed by atoms with Gasteiger partial charge in [-0.25, -0.2) is 0 Å². The number of hydrogen-bond donors (Lipinski definition) is 0. The predicted molar refractivity (Wildman–Crippen MR) is 99.7 cm³/mol. The van der Waals surface area contributed by atoms with E-state index in [0.29, 0.717) is 5.92 Å². The molecule has 3 heteroatoms. The van der Waals surface area contributed by atoms with Crippen LogP contribution >= 0.6 is 9.41 Å². The van der Waals surface area contributed by atoms with Crippen molar-refractivity contribution in [1.82, 2.24) is 0 Å². The molecule has 3 aliphatic carbocycles. The molecule has 24 heavy (non-hydrogen) atoms. The van der Waals surface area contributed by atoms with Gasteiger partial charge in [-0.05, 0) is 91.9 Å². The largest absolute Gasteiger partial charge is 0.480 e. The Hall–Kier alpha value is -1.32. The molecule has 0 saturated heterocycles. The Balaban J connectivity index is 1.66. The number of nitrogens with zero attached hydrogens (tertiary/aromatic N) is 1. The van der Waals surface area contributed by atoms with Gasteiger partial charge in [0, 0.05) is 5.57 Å². The molecule has 5 atom stereocenters. The molecule has 0 aromatic heterocycles. The molecule has 2 saturated carbocycles. The molecule has 0 N–H and O–H groups in total. The Kier molecular flexibility index (Phi) is 3.67. The molecule has 0 heterocycles. The van der Waals surface area contributed by atoms with Gasteiger partial charge in [0.1, 0.15) is 5.75 Å². The standard InChI is InChI=1S/C21H26NOP/c1-13(12-22)19-7-8-20-18-5-3-14-11-15(23-24)4-6-16(14)17(18)9-10-21(19,20)2/h4,6,11,17-18,20H,3,5,7-10,24H2,1-2H3/b19-13+/i24T. The zero-order valence-electron chi connectivity index (χ0n) is 15.6. The molecular weight excluding hydrogens is 313 g/mol. The van der Waals surface area contributed by atoms with Crippen LogP contribution in [0.1, 0.15) is 63.0 Å². The molecule has 126 valence electrons.